The van der Waals surface area contributed by atoms with Crippen LogP contribution in [-0.4, -0.2) is 24.1 Å². The number of allylic oxidation sites excluding steroid dienone is 2. The van der Waals surface area contributed by atoms with Gasteiger partial charge < -0.3 is 10.6 Å². The number of aromatic nitrogens is 1. The van der Waals surface area contributed by atoms with Gasteiger partial charge in [0.2, 0.25) is 0 Å². The summed E-state index contributed by atoms with van der Waals surface area (Å²) >= 11 is 0. The minimum atomic E-state index is 0.499. The predicted octanol–water partition coefficient (Wildman–Crippen LogP) is 2.34. The Hall–Kier alpha value is -1.61. The average molecular weight is 255 g/mol. The van der Waals surface area contributed by atoms with Crippen LogP contribution in [0.2, 0.25) is 0 Å². The maximum Gasteiger partial charge on any atom is 0.0682 e. The molecule has 3 heteroatoms. The first-order chi connectivity index (χ1) is 9.34. The highest BCUT2D eigenvalue weighted by atomic mass is 15.0. The molecule has 1 saturated carbocycles. The van der Waals surface area contributed by atoms with Crippen LogP contribution in [0, 0.1) is 5.92 Å². The molecule has 3 rings (SSSR count). The van der Waals surface area contributed by atoms with Crippen LogP contribution in [0.15, 0.2) is 42.7 Å². The van der Waals surface area contributed by atoms with Gasteiger partial charge in [-0.25, -0.2) is 0 Å². The van der Waals surface area contributed by atoms with E-state index in [-0.39, 0.29) is 0 Å². The number of hydrogen-bond acceptors (Lipinski definition) is 3. The van der Waals surface area contributed by atoms with Crippen molar-refractivity contribution in [3.8, 4) is 0 Å². The lowest BCUT2D eigenvalue weighted by Crippen LogP contribution is -2.31. The minimum Gasteiger partial charge on any atom is -0.389 e. The van der Waals surface area contributed by atoms with E-state index in [9.17, 15) is 0 Å². The van der Waals surface area contributed by atoms with Crippen LogP contribution in [0.5, 0.6) is 0 Å². The van der Waals surface area contributed by atoms with E-state index in [0.29, 0.717) is 12.0 Å². The summed E-state index contributed by atoms with van der Waals surface area (Å²) in [6.07, 6.45) is 7.67. The Morgan fingerprint density at radius 3 is 3.05 bits per heavy atom. The average Bonchev–Trinajstić information content (AvgIpc) is 2.94. The summed E-state index contributed by atoms with van der Waals surface area (Å²) in [5.74, 6) is 0.499. The van der Waals surface area contributed by atoms with E-state index >= 15 is 0 Å². The van der Waals surface area contributed by atoms with E-state index in [2.05, 4.69) is 34.5 Å². The highest BCUT2D eigenvalue weighted by molar-refractivity contribution is 5.71. The maximum atomic E-state index is 4.46. The van der Waals surface area contributed by atoms with Crippen molar-refractivity contribution in [1.29, 1.82) is 0 Å². The predicted molar refractivity (Wildman–Crippen MR) is 78.5 cm³/mol. The van der Waals surface area contributed by atoms with Gasteiger partial charge in [0.05, 0.1) is 5.69 Å². The molecule has 0 aromatic carbocycles. The molecule has 0 bridgehead atoms. The van der Waals surface area contributed by atoms with Gasteiger partial charge in [0.25, 0.3) is 0 Å². The summed E-state index contributed by atoms with van der Waals surface area (Å²) < 4.78 is 0. The van der Waals surface area contributed by atoms with E-state index < -0.39 is 0 Å². The van der Waals surface area contributed by atoms with Gasteiger partial charge in [-0.15, -0.1) is 0 Å². The normalized spacial score (nSPS) is 26.5. The fraction of sp³-hybridized carbons (Fsp3) is 0.438. The molecule has 1 saturated heterocycles. The molecule has 100 valence electrons. The lowest BCUT2D eigenvalue weighted by Gasteiger charge is -2.11. The molecule has 2 N–H and O–H groups in total. The molecule has 3 nitrogen and oxygen atoms in total. The quantitative estimate of drug-likeness (QED) is 0.793. The molecule has 2 fully saturated rings. The molecule has 1 aliphatic carbocycles. The lowest BCUT2D eigenvalue weighted by molar-refractivity contribution is 0.579. The zero-order chi connectivity index (χ0) is 13.1. The van der Waals surface area contributed by atoms with Crippen LogP contribution in [0.3, 0.4) is 0 Å². The maximum absolute atomic E-state index is 4.46. The summed E-state index contributed by atoms with van der Waals surface area (Å²) in [7, 11) is 0. The third-order valence-electron chi connectivity index (χ3n) is 3.92. The molecular weight excluding hydrogens is 234 g/mol. The number of rotatable bonds is 5. The van der Waals surface area contributed by atoms with E-state index in [1.807, 2.05) is 18.3 Å². The summed E-state index contributed by atoms with van der Waals surface area (Å²) in [6.45, 7) is 6.22. The summed E-state index contributed by atoms with van der Waals surface area (Å²) in [4.78, 5) is 4.46. The molecule has 1 aromatic heterocycles. The zero-order valence-electron chi connectivity index (χ0n) is 11.2. The second-order valence-corrected chi connectivity index (χ2v) is 5.43. The summed E-state index contributed by atoms with van der Waals surface area (Å²) in [5, 5.41) is 6.96. The molecule has 1 aliphatic heterocycles. The van der Waals surface area contributed by atoms with Gasteiger partial charge in [-0.3, -0.25) is 4.98 Å². The van der Waals surface area contributed by atoms with Gasteiger partial charge in [0.1, 0.15) is 0 Å². The minimum absolute atomic E-state index is 0.499. The van der Waals surface area contributed by atoms with Crippen LogP contribution in [-0.2, 0) is 0 Å². The Morgan fingerprint density at radius 2 is 2.42 bits per heavy atom. The number of pyridine rings is 1. The van der Waals surface area contributed by atoms with Crippen LogP contribution in [0.4, 0.5) is 0 Å². The lowest BCUT2D eigenvalue weighted by atomic mass is 10.1. The molecule has 19 heavy (non-hydrogen) atoms. The van der Waals surface area contributed by atoms with Gasteiger partial charge >= 0.3 is 0 Å². The van der Waals surface area contributed by atoms with Crippen LogP contribution >= 0.6 is 0 Å². The topological polar surface area (TPSA) is 37.0 Å². The van der Waals surface area contributed by atoms with Crippen LogP contribution in [0.25, 0.3) is 5.57 Å². The molecule has 1 aromatic rings. The highest BCUT2D eigenvalue weighted by Crippen LogP contribution is 2.45. The first-order valence-electron chi connectivity index (χ1n) is 7.10. The third-order valence-corrected chi connectivity index (χ3v) is 3.92. The standard InChI is InChI=1S/C16H21N3/c1-12-9-14(12)15(16-6-2-3-7-19-16)11-17-10-13-5-4-8-18-13/h2-3,6-7,11,13-14,17-18H,1,4-5,8-10H2/b15-11+. The van der Waals surface area contributed by atoms with Crippen molar-refractivity contribution < 1.29 is 0 Å². The van der Waals surface area contributed by atoms with Crippen molar-refractivity contribution in [2.75, 3.05) is 13.1 Å². The van der Waals surface area contributed by atoms with Crippen molar-refractivity contribution in [2.45, 2.75) is 25.3 Å². The van der Waals surface area contributed by atoms with Crippen molar-refractivity contribution in [1.82, 2.24) is 15.6 Å². The Kier molecular flexibility index (Phi) is 3.65. The van der Waals surface area contributed by atoms with Gasteiger partial charge in [-0.2, -0.15) is 0 Å². The molecule has 2 unspecified atom stereocenters. The second kappa shape index (κ2) is 5.57. The molecule has 0 amide bonds. The Bertz CT molecular complexity index is 472. The largest absolute Gasteiger partial charge is 0.389 e. The monoisotopic (exact) mass is 255 g/mol. The second-order valence-electron chi connectivity index (χ2n) is 5.43. The van der Waals surface area contributed by atoms with E-state index in [1.54, 1.807) is 0 Å². The van der Waals surface area contributed by atoms with Crippen LogP contribution in [0.1, 0.15) is 25.0 Å². The van der Waals surface area contributed by atoms with E-state index in [4.69, 9.17) is 0 Å². The fourth-order valence-corrected chi connectivity index (χ4v) is 2.66. The molecule has 0 spiro atoms. The fourth-order valence-electron chi connectivity index (χ4n) is 2.66. The molecule has 2 aliphatic rings. The Labute approximate surface area is 114 Å². The number of hydrogen-bond donors (Lipinski definition) is 2. The van der Waals surface area contributed by atoms with Crippen molar-refractivity contribution in [3.63, 3.8) is 0 Å². The van der Waals surface area contributed by atoms with E-state index in [1.165, 1.54) is 24.0 Å². The highest BCUT2D eigenvalue weighted by Gasteiger charge is 2.32. The van der Waals surface area contributed by atoms with Gasteiger partial charge in [-0.05, 0) is 37.9 Å². The van der Waals surface area contributed by atoms with Gasteiger partial charge in [0.15, 0.2) is 0 Å². The SMILES string of the molecule is C=C1CC1/C(=C\NCC1CCCN1)c1ccccn1. The molecule has 2 heterocycles. The zero-order valence-corrected chi connectivity index (χ0v) is 11.2. The molecule has 0 radical (unpaired) electrons. The van der Waals surface area contributed by atoms with Crippen molar-refractivity contribution in [3.05, 3.63) is 48.4 Å². The van der Waals surface area contributed by atoms with Gasteiger partial charge in [-0.1, -0.05) is 18.2 Å². The smallest absolute Gasteiger partial charge is 0.0682 e. The third kappa shape index (κ3) is 3.04. The molecule has 2 atom stereocenters. The Balaban J connectivity index is 1.67. The first-order valence-corrected chi connectivity index (χ1v) is 7.10. The van der Waals surface area contributed by atoms with E-state index in [0.717, 1.165) is 25.2 Å². The first kappa shape index (κ1) is 12.4. The Morgan fingerprint density at radius 1 is 1.53 bits per heavy atom. The molecular formula is C16H21N3. The van der Waals surface area contributed by atoms with Crippen molar-refractivity contribution in [2.24, 2.45) is 5.92 Å². The van der Waals surface area contributed by atoms with Gasteiger partial charge in [0, 0.05) is 36.5 Å². The summed E-state index contributed by atoms with van der Waals surface area (Å²) in [5.41, 5.74) is 3.67. The number of nitrogens with one attached hydrogen (secondary N) is 2. The summed E-state index contributed by atoms with van der Waals surface area (Å²) in [6, 6.07) is 6.69. The van der Waals surface area contributed by atoms with Crippen molar-refractivity contribution >= 4 is 5.57 Å². The number of nitrogens with zero attached hydrogens (tertiary/aromatic N) is 1. The van der Waals surface area contributed by atoms with Crippen LogP contribution < -0.4 is 10.6 Å².